The van der Waals surface area contributed by atoms with E-state index >= 15 is 0 Å². The molecule has 0 saturated carbocycles. The fourth-order valence-electron chi connectivity index (χ4n) is 2.32. The summed E-state index contributed by atoms with van der Waals surface area (Å²) < 4.78 is 21.2. The summed E-state index contributed by atoms with van der Waals surface area (Å²) in [7, 11) is 6.33. The third kappa shape index (κ3) is 5.32. The van der Waals surface area contributed by atoms with Crippen molar-refractivity contribution in [3.05, 3.63) is 42.0 Å². The van der Waals surface area contributed by atoms with Crippen molar-refractivity contribution >= 4 is 35.6 Å². The highest BCUT2D eigenvalue weighted by molar-refractivity contribution is 14.0. The number of halogens is 1. The molecular weight excluding hydrogens is 449 g/mol. The van der Waals surface area contributed by atoms with Gasteiger partial charge in [0.1, 0.15) is 5.75 Å². The molecule has 2 aromatic rings. The number of methoxy groups -OCH3 is 4. The van der Waals surface area contributed by atoms with Crippen molar-refractivity contribution in [2.45, 2.75) is 6.54 Å². The number of nitrogens with two attached hydrogens (primary N) is 1. The summed E-state index contributed by atoms with van der Waals surface area (Å²) in [6.07, 6.45) is 0. The smallest absolute Gasteiger partial charge is 0.203 e. The summed E-state index contributed by atoms with van der Waals surface area (Å²) in [5.74, 6) is 2.76. The molecule has 0 heterocycles. The van der Waals surface area contributed by atoms with Crippen molar-refractivity contribution < 1.29 is 18.9 Å². The molecule has 2 rings (SSSR count). The van der Waals surface area contributed by atoms with Gasteiger partial charge in [-0.15, -0.1) is 24.0 Å². The first-order valence-corrected chi connectivity index (χ1v) is 7.61. The monoisotopic (exact) mass is 473 g/mol. The first kappa shape index (κ1) is 21.7. The zero-order valence-electron chi connectivity index (χ0n) is 15.2. The van der Waals surface area contributed by atoms with Gasteiger partial charge in [0.15, 0.2) is 17.5 Å². The number of nitrogens with zero attached hydrogens (tertiary/aromatic N) is 1. The zero-order valence-corrected chi connectivity index (χ0v) is 17.6. The van der Waals surface area contributed by atoms with Gasteiger partial charge in [0.25, 0.3) is 0 Å². The molecule has 0 spiro atoms. The van der Waals surface area contributed by atoms with Crippen LogP contribution in [0, 0.1) is 0 Å². The molecule has 3 N–H and O–H groups in total. The topological polar surface area (TPSA) is 87.3 Å². The van der Waals surface area contributed by atoms with Crippen LogP contribution in [-0.2, 0) is 6.54 Å². The van der Waals surface area contributed by atoms with Gasteiger partial charge in [-0.05, 0) is 36.4 Å². The predicted octanol–water partition coefficient (Wildman–Crippen LogP) is 3.27. The highest BCUT2D eigenvalue weighted by Gasteiger charge is 2.15. The van der Waals surface area contributed by atoms with Crippen LogP contribution in [0.3, 0.4) is 0 Å². The van der Waals surface area contributed by atoms with E-state index in [2.05, 4.69) is 10.3 Å². The molecule has 0 fully saturated rings. The van der Waals surface area contributed by atoms with Gasteiger partial charge in [-0.25, -0.2) is 4.99 Å². The Bertz CT molecular complexity index is 736. The Kier molecular flexibility index (Phi) is 8.83. The Labute approximate surface area is 170 Å². The maximum atomic E-state index is 5.95. The third-order valence-corrected chi connectivity index (χ3v) is 3.57. The third-order valence-electron chi connectivity index (χ3n) is 3.57. The van der Waals surface area contributed by atoms with E-state index in [1.807, 2.05) is 30.3 Å². The lowest BCUT2D eigenvalue weighted by Gasteiger charge is -2.15. The Morgan fingerprint density at radius 1 is 0.885 bits per heavy atom. The number of guanidine groups is 1. The maximum absolute atomic E-state index is 5.95. The average Bonchev–Trinajstić information content (AvgIpc) is 2.65. The van der Waals surface area contributed by atoms with Gasteiger partial charge in [0.05, 0.1) is 35.0 Å². The molecule has 0 amide bonds. The molecule has 0 saturated heterocycles. The SMILES string of the molecule is COc1ccc(NC(N)=NCc2ccc(OC)c(OC)c2OC)cc1.I. The second kappa shape index (κ2) is 10.6. The number of aliphatic imine (C=N–C) groups is 1. The fraction of sp³-hybridized carbons (Fsp3) is 0.278. The summed E-state index contributed by atoms with van der Waals surface area (Å²) in [5.41, 5.74) is 7.61. The largest absolute Gasteiger partial charge is 0.497 e. The van der Waals surface area contributed by atoms with Crippen LogP contribution in [0.2, 0.25) is 0 Å². The normalized spacial score (nSPS) is 10.5. The van der Waals surface area contributed by atoms with Crippen molar-refractivity contribution in [2.24, 2.45) is 10.7 Å². The van der Waals surface area contributed by atoms with Gasteiger partial charge < -0.3 is 30.0 Å². The van der Waals surface area contributed by atoms with Crippen LogP contribution >= 0.6 is 24.0 Å². The Morgan fingerprint density at radius 2 is 1.54 bits per heavy atom. The number of rotatable bonds is 7. The second-order valence-electron chi connectivity index (χ2n) is 5.05. The minimum Gasteiger partial charge on any atom is -0.497 e. The van der Waals surface area contributed by atoms with Crippen LogP contribution < -0.4 is 30.0 Å². The van der Waals surface area contributed by atoms with Crippen LogP contribution in [0.5, 0.6) is 23.0 Å². The van der Waals surface area contributed by atoms with E-state index in [4.69, 9.17) is 24.7 Å². The fourth-order valence-corrected chi connectivity index (χ4v) is 2.32. The van der Waals surface area contributed by atoms with Crippen molar-refractivity contribution in [3.63, 3.8) is 0 Å². The molecule has 0 aliphatic heterocycles. The van der Waals surface area contributed by atoms with Crippen LogP contribution in [-0.4, -0.2) is 34.4 Å². The number of anilines is 1. The lowest BCUT2D eigenvalue weighted by atomic mass is 10.1. The van der Waals surface area contributed by atoms with Gasteiger partial charge in [-0.3, -0.25) is 0 Å². The molecule has 26 heavy (non-hydrogen) atoms. The Morgan fingerprint density at radius 3 is 2.08 bits per heavy atom. The van der Waals surface area contributed by atoms with Gasteiger partial charge >= 0.3 is 0 Å². The van der Waals surface area contributed by atoms with Crippen LogP contribution in [0.4, 0.5) is 5.69 Å². The predicted molar refractivity (Wildman–Crippen MR) is 113 cm³/mol. The van der Waals surface area contributed by atoms with Gasteiger partial charge in [-0.2, -0.15) is 0 Å². The van der Waals surface area contributed by atoms with E-state index in [9.17, 15) is 0 Å². The van der Waals surface area contributed by atoms with Crippen LogP contribution in [0.15, 0.2) is 41.4 Å². The van der Waals surface area contributed by atoms with E-state index in [0.29, 0.717) is 29.8 Å². The summed E-state index contributed by atoms with van der Waals surface area (Å²) in [6, 6.07) is 11.1. The maximum Gasteiger partial charge on any atom is 0.203 e. The van der Waals surface area contributed by atoms with Gasteiger partial charge in [0, 0.05) is 11.3 Å². The summed E-state index contributed by atoms with van der Waals surface area (Å²) in [6.45, 7) is 0.332. The number of nitrogens with one attached hydrogen (secondary N) is 1. The molecular formula is C18H24IN3O4. The molecule has 2 aromatic carbocycles. The summed E-state index contributed by atoms with van der Waals surface area (Å²) in [5, 5.41) is 3.03. The van der Waals surface area contributed by atoms with Gasteiger partial charge in [0.2, 0.25) is 5.75 Å². The van der Waals surface area contributed by atoms with E-state index in [1.54, 1.807) is 34.5 Å². The highest BCUT2D eigenvalue weighted by atomic mass is 127. The minimum atomic E-state index is 0. The van der Waals surface area contributed by atoms with Crippen molar-refractivity contribution in [2.75, 3.05) is 33.8 Å². The molecule has 0 aromatic heterocycles. The van der Waals surface area contributed by atoms with E-state index in [1.165, 1.54) is 0 Å². The van der Waals surface area contributed by atoms with E-state index in [-0.39, 0.29) is 24.0 Å². The molecule has 0 bridgehead atoms. The number of hydrogen-bond acceptors (Lipinski definition) is 5. The lowest BCUT2D eigenvalue weighted by molar-refractivity contribution is 0.322. The molecule has 8 heteroatoms. The Balaban J connectivity index is 0.00000338. The highest BCUT2D eigenvalue weighted by Crippen LogP contribution is 2.39. The lowest BCUT2D eigenvalue weighted by Crippen LogP contribution is -2.22. The molecule has 0 aliphatic carbocycles. The summed E-state index contributed by atoms with van der Waals surface area (Å²) in [4.78, 5) is 4.35. The summed E-state index contributed by atoms with van der Waals surface area (Å²) >= 11 is 0. The van der Waals surface area contributed by atoms with Crippen LogP contribution in [0.25, 0.3) is 0 Å². The Hall–Kier alpha value is -2.36. The first-order valence-electron chi connectivity index (χ1n) is 7.61. The molecule has 0 aliphatic rings. The average molecular weight is 473 g/mol. The minimum absolute atomic E-state index is 0. The first-order chi connectivity index (χ1) is 12.1. The van der Waals surface area contributed by atoms with Crippen LogP contribution in [0.1, 0.15) is 5.56 Å². The second-order valence-corrected chi connectivity index (χ2v) is 5.05. The number of hydrogen-bond donors (Lipinski definition) is 2. The molecule has 142 valence electrons. The molecule has 0 unspecified atom stereocenters. The van der Waals surface area contributed by atoms with Crippen molar-refractivity contribution in [3.8, 4) is 23.0 Å². The number of benzene rings is 2. The van der Waals surface area contributed by atoms with E-state index in [0.717, 1.165) is 17.0 Å². The van der Waals surface area contributed by atoms with Crippen molar-refractivity contribution in [1.82, 2.24) is 0 Å². The molecule has 0 atom stereocenters. The van der Waals surface area contributed by atoms with E-state index < -0.39 is 0 Å². The zero-order chi connectivity index (χ0) is 18.2. The number of ether oxygens (including phenoxy) is 4. The van der Waals surface area contributed by atoms with Gasteiger partial charge in [-0.1, -0.05) is 0 Å². The standard InChI is InChI=1S/C18H23N3O4.HI/c1-22-14-8-6-13(7-9-14)21-18(19)20-11-12-5-10-15(23-2)17(25-4)16(12)24-3;/h5-10H,11H2,1-4H3,(H3,19,20,21);1H. The van der Waals surface area contributed by atoms with Crippen molar-refractivity contribution in [1.29, 1.82) is 0 Å². The molecule has 0 radical (unpaired) electrons. The quantitative estimate of drug-likeness (QED) is 0.365. The molecule has 7 nitrogen and oxygen atoms in total.